The number of rotatable bonds is 6. The van der Waals surface area contributed by atoms with E-state index in [1.165, 1.54) is 53.2 Å². The number of nitrogens with zero attached hydrogens (tertiary/aromatic N) is 2. The molecule has 0 saturated carbocycles. The Morgan fingerprint density at radius 3 is 2.36 bits per heavy atom. The van der Waals surface area contributed by atoms with Crippen molar-refractivity contribution in [1.29, 1.82) is 0 Å². The Kier molecular flexibility index (Phi) is 13.9. The second-order valence-electron chi connectivity index (χ2n) is 17.5. The predicted molar refractivity (Wildman–Crippen MR) is 239 cm³/mol. The largest absolute Gasteiger partial charge is 0.505 e. The van der Waals surface area contributed by atoms with Crippen LogP contribution in [0.4, 0.5) is 10.1 Å². The molecule has 9 atom stereocenters. The number of methoxy groups -OCH3 is 1. The number of aromatic nitrogens is 1. The fraction of sp³-hybridized carbons (Fsp3) is 0.479. The van der Waals surface area contributed by atoms with Gasteiger partial charge in [0.2, 0.25) is 0 Å². The molecule has 1 aromatic heterocycles. The molecule has 4 aromatic rings. The van der Waals surface area contributed by atoms with Crippen LogP contribution in [0, 0.1) is 42.3 Å². The molecule has 64 heavy (non-hydrogen) atoms. The highest BCUT2D eigenvalue weighted by molar-refractivity contribution is 6.26. The molecule has 3 N–H and O–H groups in total. The molecule has 2 aliphatic heterocycles. The average molecular weight is 888 g/mol. The van der Waals surface area contributed by atoms with Crippen LogP contribution in [-0.4, -0.2) is 96.2 Å². The van der Waals surface area contributed by atoms with E-state index >= 15 is 4.39 Å². The fourth-order valence-electron chi connectivity index (χ4n) is 8.49. The number of carbonyl (C=O) groups is 3. The molecule has 0 aliphatic carbocycles. The summed E-state index contributed by atoms with van der Waals surface area (Å²) in [4.78, 5) is 61.9. The van der Waals surface area contributed by atoms with Gasteiger partial charge in [-0.1, -0.05) is 52.8 Å². The highest BCUT2D eigenvalue weighted by Crippen LogP contribution is 2.48. The molecule has 15 nitrogen and oxygen atoms in total. The molecule has 0 saturated heterocycles. The molecule has 3 aromatic carbocycles. The molecule has 16 heteroatoms. The van der Waals surface area contributed by atoms with Crippen LogP contribution in [0.15, 0.2) is 57.5 Å². The number of carbonyl (C=O) groups excluding carboxylic acids is 3. The van der Waals surface area contributed by atoms with Gasteiger partial charge < -0.3 is 48.5 Å². The van der Waals surface area contributed by atoms with Crippen molar-refractivity contribution in [3.8, 4) is 17.2 Å². The molecule has 0 radical (unpaired) electrons. The third kappa shape index (κ3) is 8.95. The number of halogens is 1. The van der Waals surface area contributed by atoms with Crippen molar-refractivity contribution in [2.24, 2.45) is 29.6 Å². The lowest BCUT2D eigenvalue weighted by Gasteiger charge is -2.39. The molecule has 3 heterocycles. The number of ketones is 1. The predicted octanol–water partition coefficient (Wildman–Crippen LogP) is 7.35. The van der Waals surface area contributed by atoms with E-state index < -0.39 is 70.1 Å². The zero-order valence-electron chi connectivity index (χ0n) is 38.3. The van der Waals surface area contributed by atoms with Crippen molar-refractivity contribution in [2.45, 2.75) is 86.4 Å². The third-order valence-electron chi connectivity index (χ3n) is 12.8. The zero-order valence-corrected chi connectivity index (χ0v) is 38.3. The number of esters is 1. The second-order valence-corrected chi connectivity index (χ2v) is 17.5. The number of hydrogen-bond donors (Lipinski definition) is 3. The van der Waals surface area contributed by atoms with E-state index in [1.807, 2.05) is 53.6 Å². The molecule has 2 aliphatic rings. The zero-order chi connectivity index (χ0) is 47.1. The fourth-order valence-corrected chi connectivity index (χ4v) is 8.49. The van der Waals surface area contributed by atoms with Gasteiger partial charge in [-0.15, -0.1) is 0 Å². The summed E-state index contributed by atoms with van der Waals surface area (Å²) in [5, 5.41) is 25.7. The standard InChI is InChI=1S/C48H58FN3O12/c1-22-14-13-15-23(2)47(58)51-39-42(56)35-34(38-45(39)63-33-21-30(60-19-17-52(10)11)20-31(49)37(33)50-38)36-44(28(7)41(35)55)64-48(9,46(36)57)61-18-16-32(59-12)27(6)43(62-29(8)53)26(5)24(3)25(4)40(22)54/h13-16,18,20-22,24-27,32,40,43,54,56H,17,19H2,1-12H3,(H,51,58)/b14-13+,18-16+,23-15-/t22-,24+,25-,26+,27+,32-,40-,43-,48-/m0/s1. The van der Waals surface area contributed by atoms with Gasteiger partial charge in [-0.3, -0.25) is 19.2 Å². The number of likely N-dealkylation sites (N-methyl/N-ethyl adjacent to an activating group) is 1. The minimum atomic E-state index is -2.08. The maximum Gasteiger partial charge on any atom is 0.312 e. The summed E-state index contributed by atoms with van der Waals surface area (Å²) in [7, 11) is 5.20. The first kappa shape index (κ1) is 47.6. The van der Waals surface area contributed by atoms with E-state index in [2.05, 4.69) is 10.3 Å². The van der Waals surface area contributed by atoms with E-state index in [-0.39, 0.29) is 91.8 Å². The van der Waals surface area contributed by atoms with Crippen LogP contribution in [-0.2, 0) is 23.8 Å². The van der Waals surface area contributed by atoms with E-state index in [1.54, 1.807) is 18.2 Å². The highest BCUT2D eigenvalue weighted by Gasteiger charge is 2.49. The number of amides is 1. The Labute approximate surface area is 370 Å². The molecule has 4 bridgehead atoms. The molecule has 0 fully saturated rings. The van der Waals surface area contributed by atoms with Gasteiger partial charge in [-0.25, -0.2) is 9.37 Å². The summed E-state index contributed by atoms with van der Waals surface area (Å²) in [6, 6.07) is 2.54. The van der Waals surface area contributed by atoms with E-state index in [4.69, 9.17) is 28.1 Å². The third-order valence-corrected chi connectivity index (χ3v) is 12.8. The van der Waals surface area contributed by atoms with Gasteiger partial charge in [-0.05, 0) is 51.8 Å². The number of Topliss-reactive ketones (excluding diaryl/α,β-unsaturated/α-hetero) is 1. The van der Waals surface area contributed by atoms with Crippen molar-refractivity contribution in [3.05, 3.63) is 75.4 Å². The van der Waals surface area contributed by atoms with E-state index in [9.17, 15) is 29.4 Å². The highest BCUT2D eigenvalue weighted by atomic mass is 19.1. The lowest BCUT2D eigenvalue weighted by molar-refractivity contribution is -0.157. The topological polar surface area (TPSA) is 196 Å². The van der Waals surface area contributed by atoms with Gasteiger partial charge in [-0.2, -0.15) is 0 Å². The Morgan fingerprint density at radius 2 is 1.70 bits per heavy atom. The number of aliphatic hydroxyl groups is 1. The first-order valence-corrected chi connectivity index (χ1v) is 21.3. The van der Waals surface area contributed by atoms with Crippen molar-refractivity contribution in [2.75, 3.05) is 39.7 Å². The van der Waals surface area contributed by atoms with Crippen LogP contribution in [0.1, 0.15) is 71.3 Å². The summed E-state index contributed by atoms with van der Waals surface area (Å²) >= 11 is 0. The molecule has 6 rings (SSSR count). The van der Waals surface area contributed by atoms with Gasteiger partial charge in [0.25, 0.3) is 11.7 Å². The smallest absolute Gasteiger partial charge is 0.312 e. The summed E-state index contributed by atoms with van der Waals surface area (Å²) in [6.45, 7) is 15.9. The van der Waals surface area contributed by atoms with Crippen molar-refractivity contribution >= 4 is 56.3 Å². The average Bonchev–Trinajstić information content (AvgIpc) is 3.51. The number of hydrogen-bond acceptors (Lipinski definition) is 14. The van der Waals surface area contributed by atoms with Gasteiger partial charge in [0, 0.05) is 68.0 Å². The molecular formula is C48H58FN3O12. The number of allylic oxidation sites excluding steroid dienone is 2. The van der Waals surface area contributed by atoms with E-state index in [0.717, 1.165) is 6.07 Å². The lowest BCUT2D eigenvalue weighted by atomic mass is 9.73. The van der Waals surface area contributed by atoms with Crippen LogP contribution < -0.4 is 20.2 Å². The monoisotopic (exact) mass is 887 g/mol. The number of phenols is 1. The number of aliphatic hydroxyl groups excluding tert-OH is 1. The summed E-state index contributed by atoms with van der Waals surface area (Å²) < 4.78 is 52.1. The number of nitrogens with one attached hydrogen (secondary N) is 1. The van der Waals surface area contributed by atoms with Crippen molar-refractivity contribution in [3.63, 3.8) is 0 Å². The molecule has 344 valence electrons. The first-order chi connectivity index (χ1) is 30.1. The second kappa shape index (κ2) is 18.7. The lowest BCUT2D eigenvalue weighted by Crippen LogP contribution is -2.43. The molecule has 0 unspecified atom stereocenters. The summed E-state index contributed by atoms with van der Waals surface area (Å²) in [5.74, 6) is -7.23. The molecule has 0 spiro atoms. The molecular weight excluding hydrogens is 830 g/mol. The first-order valence-electron chi connectivity index (χ1n) is 21.3. The number of ether oxygens (including phenoxy) is 5. The quantitative estimate of drug-likeness (QED) is 0.0752. The minimum Gasteiger partial charge on any atom is -0.505 e. The van der Waals surface area contributed by atoms with Gasteiger partial charge in [0.15, 0.2) is 28.2 Å². The minimum absolute atomic E-state index is 0.0597. The SMILES string of the molecule is CO[C@H]1/C=C/O[C@@]2(C)Oc3c(C)c(=O)c4c(O)c(c5oc6cc(OCCN(C)C)cc(F)c6nc5c4c3C2=O)NC(=O)/C(C)=C\C=C\[C@H](C)[C@H](O)[C@@H](C)[C@@H](C)[C@@H](C)[C@H](OC(C)=O)[C@@H]1C. The maximum absolute atomic E-state index is 16.0. The van der Waals surface area contributed by atoms with E-state index in [0.29, 0.717) is 6.54 Å². The van der Waals surface area contributed by atoms with Crippen molar-refractivity contribution < 1.29 is 57.1 Å². The van der Waals surface area contributed by atoms with Gasteiger partial charge in [0.05, 0.1) is 29.4 Å². The Hall–Kier alpha value is -5.84. The Morgan fingerprint density at radius 1 is 1.00 bits per heavy atom. The summed E-state index contributed by atoms with van der Waals surface area (Å²) in [5.41, 5.74) is -2.14. The van der Waals surface area contributed by atoms with Crippen LogP contribution in [0.25, 0.3) is 33.0 Å². The van der Waals surface area contributed by atoms with Crippen LogP contribution >= 0.6 is 0 Å². The number of benzene rings is 3. The van der Waals surface area contributed by atoms with Crippen LogP contribution in [0.5, 0.6) is 17.2 Å². The Bertz CT molecular complexity index is 2650. The van der Waals surface area contributed by atoms with Crippen LogP contribution in [0.3, 0.4) is 0 Å². The maximum atomic E-state index is 16.0. The normalized spacial score (nSPS) is 28.8. The summed E-state index contributed by atoms with van der Waals surface area (Å²) in [6.07, 6.45) is 5.45. The number of anilines is 1. The molecule has 1 amide bonds. The van der Waals surface area contributed by atoms with Gasteiger partial charge in [0.1, 0.15) is 40.9 Å². The number of aromatic hydroxyl groups is 1. The number of fused-ring (bicyclic) bond motifs is 2. The van der Waals surface area contributed by atoms with Crippen molar-refractivity contribution in [1.82, 2.24) is 9.88 Å². The van der Waals surface area contributed by atoms with Crippen LogP contribution in [0.2, 0.25) is 0 Å². The Balaban J connectivity index is 1.60. The van der Waals surface area contributed by atoms with Gasteiger partial charge >= 0.3 is 11.8 Å². The number of phenolic OH excluding ortho intramolecular Hbond substituents is 1.